The summed E-state index contributed by atoms with van der Waals surface area (Å²) in [5.74, 6) is -0.777. The number of ether oxygens (including phenoxy) is 1. The topological polar surface area (TPSA) is 55.5 Å². The minimum atomic E-state index is -4.59. The predicted molar refractivity (Wildman–Crippen MR) is 70.3 cm³/mol. The van der Waals surface area contributed by atoms with E-state index in [0.717, 1.165) is 4.52 Å². The van der Waals surface area contributed by atoms with Crippen molar-refractivity contribution < 1.29 is 17.9 Å². The van der Waals surface area contributed by atoms with Gasteiger partial charge in [-0.3, -0.25) is 0 Å². The molecule has 0 radical (unpaired) electrons. The van der Waals surface area contributed by atoms with Crippen LogP contribution in [0.2, 0.25) is 0 Å². The molecule has 116 valence electrons. The maximum Gasteiger partial charge on any atom is 0.453 e. The lowest BCUT2D eigenvalue weighted by Gasteiger charge is -2.19. The van der Waals surface area contributed by atoms with Gasteiger partial charge in [-0.05, 0) is 13.8 Å². The number of hydrogen-bond acceptors (Lipinski definition) is 5. The molecule has 0 bridgehead atoms. The average Bonchev–Trinajstić information content (AvgIpc) is 2.81. The quantitative estimate of drug-likeness (QED) is 0.790. The average molecular weight is 303 g/mol. The van der Waals surface area contributed by atoms with E-state index in [2.05, 4.69) is 15.1 Å². The van der Waals surface area contributed by atoms with E-state index in [-0.39, 0.29) is 5.78 Å². The molecule has 2 heterocycles. The van der Waals surface area contributed by atoms with Crippen molar-refractivity contribution in [3.8, 4) is 0 Å². The summed E-state index contributed by atoms with van der Waals surface area (Å²) in [6.07, 6.45) is -4.59. The van der Waals surface area contributed by atoms with Crippen LogP contribution in [-0.4, -0.2) is 46.4 Å². The van der Waals surface area contributed by atoms with Crippen LogP contribution in [0.3, 0.4) is 0 Å². The maximum absolute atomic E-state index is 12.7. The Morgan fingerprint density at radius 2 is 2.05 bits per heavy atom. The third-order valence-electron chi connectivity index (χ3n) is 2.84. The van der Waals surface area contributed by atoms with Gasteiger partial charge in [0.1, 0.15) is 5.82 Å². The number of likely N-dealkylation sites (N-methyl/N-ethyl adjacent to an activating group) is 1. The first-order valence-corrected chi connectivity index (χ1v) is 6.43. The first kappa shape index (κ1) is 15.5. The predicted octanol–water partition coefficient (Wildman–Crippen LogP) is 1.92. The number of aryl methyl sites for hydroxylation is 1. The van der Waals surface area contributed by atoms with Crippen LogP contribution in [0.15, 0.2) is 6.07 Å². The molecule has 0 N–H and O–H groups in total. The van der Waals surface area contributed by atoms with Gasteiger partial charge in [-0.1, -0.05) is 0 Å². The van der Waals surface area contributed by atoms with Gasteiger partial charge < -0.3 is 9.64 Å². The standard InChI is InChI=1S/C12H16F3N5O/c1-4-21-6-5-19(3)9-7-8(2)16-11-17-10(12(13,14)15)18-20(9)11/h7H,4-6H2,1-3H3. The highest BCUT2D eigenvalue weighted by Gasteiger charge is 2.37. The summed E-state index contributed by atoms with van der Waals surface area (Å²) in [7, 11) is 1.75. The summed E-state index contributed by atoms with van der Waals surface area (Å²) in [6, 6.07) is 1.66. The fourth-order valence-electron chi connectivity index (χ4n) is 1.82. The Kier molecular flexibility index (Phi) is 4.31. The van der Waals surface area contributed by atoms with Crippen molar-refractivity contribution >= 4 is 11.6 Å². The van der Waals surface area contributed by atoms with Crippen LogP contribution in [0.1, 0.15) is 18.4 Å². The summed E-state index contributed by atoms with van der Waals surface area (Å²) >= 11 is 0. The zero-order chi connectivity index (χ0) is 15.6. The zero-order valence-electron chi connectivity index (χ0n) is 12.0. The Morgan fingerprint density at radius 3 is 2.67 bits per heavy atom. The highest BCUT2D eigenvalue weighted by atomic mass is 19.4. The van der Waals surface area contributed by atoms with Crippen molar-refractivity contribution in [2.75, 3.05) is 31.7 Å². The zero-order valence-corrected chi connectivity index (χ0v) is 12.0. The smallest absolute Gasteiger partial charge is 0.380 e. The van der Waals surface area contributed by atoms with Crippen LogP contribution in [0.5, 0.6) is 0 Å². The second kappa shape index (κ2) is 5.84. The van der Waals surface area contributed by atoms with E-state index in [1.165, 1.54) is 0 Å². The van der Waals surface area contributed by atoms with E-state index in [4.69, 9.17) is 4.74 Å². The second-order valence-electron chi connectivity index (χ2n) is 4.52. The van der Waals surface area contributed by atoms with Gasteiger partial charge in [0.2, 0.25) is 0 Å². The summed E-state index contributed by atoms with van der Waals surface area (Å²) in [5, 5.41) is 3.51. The number of anilines is 1. The van der Waals surface area contributed by atoms with E-state index in [0.29, 0.717) is 31.3 Å². The number of fused-ring (bicyclic) bond motifs is 1. The van der Waals surface area contributed by atoms with Crippen LogP contribution < -0.4 is 4.90 Å². The van der Waals surface area contributed by atoms with Crippen molar-refractivity contribution in [2.24, 2.45) is 0 Å². The summed E-state index contributed by atoms with van der Waals surface area (Å²) in [4.78, 5) is 9.18. The lowest BCUT2D eigenvalue weighted by Crippen LogP contribution is -2.25. The molecular formula is C12H16F3N5O. The molecule has 0 aliphatic carbocycles. The fraction of sp³-hybridized carbons (Fsp3) is 0.583. The van der Waals surface area contributed by atoms with Crippen LogP contribution in [0.4, 0.5) is 19.0 Å². The van der Waals surface area contributed by atoms with Crippen LogP contribution >= 0.6 is 0 Å². The fourth-order valence-corrected chi connectivity index (χ4v) is 1.82. The Bertz CT molecular complexity index is 625. The van der Waals surface area contributed by atoms with E-state index in [1.54, 1.807) is 24.9 Å². The van der Waals surface area contributed by atoms with Gasteiger partial charge in [0.25, 0.3) is 11.6 Å². The van der Waals surface area contributed by atoms with E-state index >= 15 is 0 Å². The SMILES string of the molecule is CCOCCN(C)c1cc(C)nc2nc(C(F)(F)F)nn12. The van der Waals surface area contributed by atoms with Crippen LogP contribution in [0, 0.1) is 6.92 Å². The van der Waals surface area contributed by atoms with Gasteiger partial charge in [-0.25, -0.2) is 4.98 Å². The Labute approximate surface area is 119 Å². The maximum atomic E-state index is 12.7. The molecule has 0 atom stereocenters. The van der Waals surface area contributed by atoms with Gasteiger partial charge >= 0.3 is 6.18 Å². The summed E-state index contributed by atoms with van der Waals surface area (Å²) < 4.78 is 44.5. The number of hydrogen-bond donors (Lipinski definition) is 0. The molecule has 0 aromatic carbocycles. The van der Waals surface area contributed by atoms with Gasteiger partial charge in [0.05, 0.1) is 6.61 Å². The summed E-state index contributed by atoms with van der Waals surface area (Å²) in [6.45, 7) is 5.15. The number of nitrogens with zero attached hydrogens (tertiary/aromatic N) is 5. The largest absolute Gasteiger partial charge is 0.453 e. The van der Waals surface area contributed by atoms with E-state index in [1.807, 2.05) is 6.92 Å². The highest BCUT2D eigenvalue weighted by molar-refractivity contribution is 5.47. The van der Waals surface area contributed by atoms with Crippen molar-refractivity contribution in [3.05, 3.63) is 17.6 Å². The molecule has 2 aromatic rings. The van der Waals surface area contributed by atoms with Crippen LogP contribution in [-0.2, 0) is 10.9 Å². The first-order valence-electron chi connectivity index (χ1n) is 6.43. The third-order valence-corrected chi connectivity index (χ3v) is 2.84. The van der Waals surface area contributed by atoms with Crippen molar-refractivity contribution in [2.45, 2.75) is 20.0 Å². The molecule has 0 aliphatic heterocycles. The molecule has 0 amide bonds. The lowest BCUT2D eigenvalue weighted by atomic mass is 10.4. The van der Waals surface area contributed by atoms with E-state index in [9.17, 15) is 13.2 Å². The third kappa shape index (κ3) is 3.41. The lowest BCUT2D eigenvalue weighted by molar-refractivity contribution is -0.144. The molecule has 9 heteroatoms. The van der Waals surface area contributed by atoms with Crippen molar-refractivity contribution in [1.29, 1.82) is 0 Å². The molecule has 0 aliphatic rings. The molecule has 0 unspecified atom stereocenters. The first-order chi connectivity index (χ1) is 9.82. The molecule has 0 spiro atoms. The molecule has 2 rings (SSSR count). The van der Waals surface area contributed by atoms with Gasteiger partial charge in [-0.2, -0.15) is 22.7 Å². The van der Waals surface area contributed by atoms with Crippen LogP contribution in [0.25, 0.3) is 5.78 Å². The van der Waals surface area contributed by atoms with E-state index < -0.39 is 12.0 Å². The Morgan fingerprint density at radius 1 is 1.33 bits per heavy atom. The van der Waals surface area contributed by atoms with Gasteiger partial charge in [0, 0.05) is 32.0 Å². The Hall–Kier alpha value is -1.90. The van der Waals surface area contributed by atoms with Crippen molar-refractivity contribution in [3.63, 3.8) is 0 Å². The Balaban J connectivity index is 2.40. The normalized spacial score (nSPS) is 12.1. The molecule has 0 saturated carbocycles. The number of rotatable bonds is 5. The number of aromatic nitrogens is 4. The van der Waals surface area contributed by atoms with Crippen molar-refractivity contribution in [1.82, 2.24) is 19.6 Å². The molecule has 0 fully saturated rings. The highest BCUT2D eigenvalue weighted by Crippen LogP contribution is 2.27. The molecule has 2 aromatic heterocycles. The molecule has 21 heavy (non-hydrogen) atoms. The number of halogens is 3. The second-order valence-corrected chi connectivity index (χ2v) is 4.52. The minimum Gasteiger partial charge on any atom is -0.380 e. The van der Waals surface area contributed by atoms with Gasteiger partial charge in [0.15, 0.2) is 0 Å². The molecule has 0 saturated heterocycles. The number of alkyl halides is 3. The minimum absolute atomic E-state index is 0.0689. The van der Waals surface area contributed by atoms with Gasteiger partial charge in [-0.15, -0.1) is 5.10 Å². The monoisotopic (exact) mass is 303 g/mol. The molecular weight excluding hydrogens is 287 g/mol. The molecule has 6 nitrogen and oxygen atoms in total. The summed E-state index contributed by atoms with van der Waals surface area (Å²) in [5.41, 5.74) is 0.571.